The van der Waals surface area contributed by atoms with Crippen molar-refractivity contribution in [1.29, 1.82) is 0 Å². The molecule has 0 aliphatic carbocycles. The molecule has 3 heteroatoms. The van der Waals surface area contributed by atoms with Crippen molar-refractivity contribution in [3.05, 3.63) is 36.4 Å². The molecule has 2 rings (SSSR count). The Morgan fingerprint density at radius 1 is 0.786 bits per heavy atom. The van der Waals surface area contributed by atoms with E-state index in [1.165, 1.54) is 36.5 Å². The molecule has 0 radical (unpaired) electrons. The fourth-order valence-corrected chi connectivity index (χ4v) is 3.51. The average Bonchev–Trinajstić information content (AvgIpc) is 2.73. The summed E-state index contributed by atoms with van der Waals surface area (Å²) in [6.07, 6.45) is 9.24. The van der Waals surface area contributed by atoms with Crippen molar-refractivity contribution >= 4 is 22.4 Å². The van der Waals surface area contributed by atoms with Gasteiger partial charge in [-0.15, -0.1) is 11.6 Å². The number of unbranched alkanes of at least 4 members (excludes halogenated alkanes) is 2. The Labute approximate surface area is 176 Å². The second kappa shape index (κ2) is 12.9. The van der Waals surface area contributed by atoms with Crippen molar-refractivity contribution in [3.8, 4) is 11.5 Å². The summed E-state index contributed by atoms with van der Waals surface area (Å²) in [5.41, 5.74) is 0. The van der Waals surface area contributed by atoms with Gasteiger partial charge in [0.1, 0.15) is 11.5 Å². The highest BCUT2D eigenvalue weighted by molar-refractivity contribution is 6.20. The van der Waals surface area contributed by atoms with Crippen LogP contribution in [0.2, 0.25) is 0 Å². The van der Waals surface area contributed by atoms with Gasteiger partial charge in [0.2, 0.25) is 0 Å². The first-order chi connectivity index (χ1) is 13.7. The maximum Gasteiger partial charge on any atom is 0.119 e. The van der Waals surface area contributed by atoms with Gasteiger partial charge in [0, 0.05) is 5.38 Å². The summed E-state index contributed by atoms with van der Waals surface area (Å²) < 4.78 is 12.0. The van der Waals surface area contributed by atoms with Crippen molar-refractivity contribution in [1.82, 2.24) is 0 Å². The second-order valence-electron chi connectivity index (χ2n) is 7.75. The highest BCUT2D eigenvalue weighted by Gasteiger charge is 2.08. The topological polar surface area (TPSA) is 18.5 Å². The molecule has 0 saturated heterocycles. The number of fused-ring (bicyclic) bond motifs is 1. The SMILES string of the molecule is CCCCC(CC)COc1ccc2cc(OCCCCC(Cl)CC)ccc2c1. The smallest absolute Gasteiger partial charge is 0.119 e. The van der Waals surface area contributed by atoms with Crippen molar-refractivity contribution < 1.29 is 9.47 Å². The summed E-state index contributed by atoms with van der Waals surface area (Å²) in [5, 5.41) is 2.69. The quantitative estimate of drug-likeness (QED) is 0.234. The molecule has 0 aliphatic rings. The van der Waals surface area contributed by atoms with Crippen molar-refractivity contribution in [3.63, 3.8) is 0 Å². The fourth-order valence-electron chi connectivity index (χ4n) is 3.36. The minimum Gasteiger partial charge on any atom is -0.494 e. The van der Waals surface area contributed by atoms with Crippen LogP contribution in [0.5, 0.6) is 11.5 Å². The average molecular weight is 405 g/mol. The van der Waals surface area contributed by atoms with E-state index in [-0.39, 0.29) is 0 Å². The number of rotatable bonds is 14. The summed E-state index contributed by atoms with van der Waals surface area (Å²) in [4.78, 5) is 0. The normalized spacial score (nSPS) is 13.4. The zero-order valence-corrected chi connectivity index (χ0v) is 18.6. The number of benzene rings is 2. The molecule has 2 unspecified atom stereocenters. The van der Waals surface area contributed by atoms with E-state index in [2.05, 4.69) is 57.2 Å². The summed E-state index contributed by atoms with van der Waals surface area (Å²) in [6, 6.07) is 12.6. The van der Waals surface area contributed by atoms with Gasteiger partial charge in [-0.05, 0) is 73.1 Å². The molecular formula is C25H37ClO2. The first-order valence-corrected chi connectivity index (χ1v) is 11.5. The zero-order valence-electron chi connectivity index (χ0n) is 17.9. The van der Waals surface area contributed by atoms with Crippen LogP contribution in [0, 0.1) is 5.92 Å². The van der Waals surface area contributed by atoms with Gasteiger partial charge in [0.05, 0.1) is 13.2 Å². The first-order valence-electron chi connectivity index (χ1n) is 11.1. The second-order valence-corrected chi connectivity index (χ2v) is 8.37. The van der Waals surface area contributed by atoms with Gasteiger partial charge in [-0.1, -0.05) is 52.2 Å². The van der Waals surface area contributed by atoms with E-state index >= 15 is 0 Å². The molecule has 0 aromatic heterocycles. The van der Waals surface area contributed by atoms with Crippen LogP contribution >= 0.6 is 11.6 Å². The Morgan fingerprint density at radius 3 is 2.07 bits per heavy atom. The van der Waals surface area contributed by atoms with Crippen LogP contribution in [0.3, 0.4) is 0 Å². The predicted molar refractivity (Wildman–Crippen MR) is 122 cm³/mol. The number of hydrogen-bond donors (Lipinski definition) is 0. The van der Waals surface area contributed by atoms with Crippen LogP contribution in [0.4, 0.5) is 0 Å². The zero-order chi connectivity index (χ0) is 20.2. The Morgan fingerprint density at radius 2 is 1.46 bits per heavy atom. The standard InChI is InChI=1S/C25H37ClO2/c1-4-7-10-20(5-2)19-28-25-15-13-21-17-24(14-12-22(21)18-25)27-16-9-8-11-23(26)6-3/h12-15,17-18,20,23H,4-11,16,19H2,1-3H3. The third kappa shape index (κ3) is 7.91. The molecule has 0 amide bonds. The lowest BCUT2D eigenvalue weighted by Crippen LogP contribution is -2.11. The van der Waals surface area contributed by atoms with Gasteiger partial charge in [0.25, 0.3) is 0 Å². The fraction of sp³-hybridized carbons (Fsp3) is 0.600. The molecule has 28 heavy (non-hydrogen) atoms. The largest absolute Gasteiger partial charge is 0.494 e. The van der Waals surface area contributed by atoms with Crippen LogP contribution in [0.1, 0.15) is 72.1 Å². The Kier molecular flexibility index (Phi) is 10.6. The number of ether oxygens (including phenoxy) is 2. The molecule has 0 aliphatic heterocycles. The van der Waals surface area contributed by atoms with E-state index in [1.54, 1.807) is 0 Å². The van der Waals surface area contributed by atoms with Gasteiger partial charge in [-0.3, -0.25) is 0 Å². The molecule has 2 aromatic rings. The molecule has 2 aromatic carbocycles. The van der Waals surface area contributed by atoms with Crippen LogP contribution in [0.15, 0.2) is 36.4 Å². The van der Waals surface area contributed by atoms with Gasteiger partial charge in [-0.25, -0.2) is 0 Å². The van der Waals surface area contributed by atoms with E-state index < -0.39 is 0 Å². The molecule has 0 bridgehead atoms. The van der Waals surface area contributed by atoms with Gasteiger partial charge in [-0.2, -0.15) is 0 Å². The summed E-state index contributed by atoms with van der Waals surface area (Å²) in [5.74, 6) is 2.55. The molecule has 0 saturated carbocycles. The van der Waals surface area contributed by atoms with E-state index in [0.717, 1.165) is 50.4 Å². The molecule has 0 heterocycles. The lowest BCUT2D eigenvalue weighted by Gasteiger charge is -2.16. The van der Waals surface area contributed by atoms with Crippen LogP contribution < -0.4 is 9.47 Å². The van der Waals surface area contributed by atoms with E-state index in [0.29, 0.717) is 11.3 Å². The molecule has 0 spiro atoms. The third-order valence-electron chi connectivity index (χ3n) is 5.44. The number of hydrogen-bond acceptors (Lipinski definition) is 2. The molecule has 2 nitrogen and oxygen atoms in total. The molecule has 156 valence electrons. The van der Waals surface area contributed by atoms with E-state index in [1.807, 2.05) is 0 Å². The Bertz CT molecular complexity index is 685. The monoisotopic (exact) mass is 404 g/mol. The number of alkyl halides is 1. The minimum absolute atomic E-state index is 0.302. The molecule has 2 atom stereocenters. The maximum atomic E-state index is 6.16. The van der Waals surface area contributed by atoms with E-state index in [9.17, 15) is 0 Å². The summed E-state index contributed by atoms with van der Waals surface area (Å²) in [6.45, 7) is 8.19. The van der Waals surface area contributed by atoms with E-state index in [4.69, 9.17) is 21.1 Å². The number of halogens is 1. The highest BCUT2D eigenvalue weighted by atomic mass is 35.5. The first kappa shape index (κ1) is 22.9. The van der Waals surface area contributed by atoms with Crippen molar-refractivity contribution in [2.75, 3.05) is 13.2 Å². The Hall–Kier alpha value is -1.41. The molecular weight excluding hydrogens is 368 g/mol. The lowest BCUT2D eigenvalue weighted by atomic mass is 10.0. The lowest BCUT2D eigenvalue weighted by molar-refractivity contribution is 0.233. The van der Waals surface area contributed by atoms with Gasteiger partial charge in [0.15, 0.2) is 0 Å². The van der Waals surface area contributed by atoms with Crippen LogP contribution in [0.25, 0.3) is 10.8 Å². The molecule has 0 N–H and O–H groups in total. The minimum atomic E-state index is 0.302. The van der Waals surface area contributed by atoms with Gasteiger partial charge >= 0.3 is 0 Å². The van der Waals surface area contributed by atoms with Crippen LogP contribution in [-0.4, -0.2) is 18.6 Å². The molecule has 0 fully saturated rings. The van der Waals surface area contributed by atoms with Crippen LogP contribution in [-0.2, 0) is 0 Å². The maximum absolute atomic E-state index is 6.16. The summed E-state index contributed by atoms with van der Waals surface area (Å²) >= 11 is 6.16. The Balaban J connectivity index is 1.84. The van der Waals surface area contributed by atoms with Gasteiger partial charge < -0.3 is 9.47 Å². The summed E-state index contributed by atoms with van der Waals surface area (Å²) in [7, 11) is 0. The van der Waals surface area contributed by atoms with Crippen molar-refractivity contribution in [2.24, 2.45) is 5.92 Å². The highest BCUT2D eigenvalue weighted by Crippen LogP contribution is 2.26. The predicted octanol–water partition coefficient (Wildman–Crippen LogP) is 8.00. The third-order valence-corrected chi connectivity index (χ3v) is 5.96. The van der Waals surface area contributed by atoms with Crippen molar-refractivity contribution in [2.45, 2.75) is 77.5 Å².